The van der Waals surface area contributed by atoms with Crippen molar-refractivity contribution in [3.8, 4) is 29.4 Å². The summed E-state index contributed by atoms with van der Waals surface area (Å²) in [4.78, 5) is 4.18. The lowest BCUT2D eigenvalue weighted by Crippen LogP contribution is -2.26. The van der Waals surface area contributed by atoms with Crippen LogP contribution in [-0.4, -0.2) is 26.4 Å². The molecule has 4 aromatic rings. The van der Waals surface area contributed by atoms with Crippen LogP contribution < -0.4 is 4.74 Å². The highest BCUT2D eigenvalue weighted by Crippen LogP contribution is 2.66. The molecule has 2 bridgehead atoms. The van der Waals surface area contributed by atoms with E-state index in [2.05, 4.69) is 11.1 Å². The molecule has 182 valence electrons. The Morgan fingerprint density at radius 2 is 1.78 bits per heavy atom. The maximum atomic E-state index is 11.6. The highest BCUT2D eigenvalue weighted by Gasteiger charge is 2.62. The van der Waals surface area contributed by atoms with Gasteiger partial charge >= 0.3 is 0 Å². The predicted octanol–water partition coefficient (Wildman–Crippen LogP) is 6.06. The number of benzene rings is 2. The van der Waals surface area contributed by atoms with E-state index in [1.165, 1.54) is 10.8 Å². The maximum Gasteiger partial charge on any atom is 0.213 e. The first-order valence-corrected chi connectivity index (χ1v) is 12.4. The van der Waals surface area contributed by atoms with Crippen molar-refractivity contribution in [2.75, 3.05) is 6.61 Å². The molecule has 4 heterocycles. The van der Waals surface area contributed by atoms with E-state index in [9.17, 15) is 15.5 Å². The minimum Gasteiger partial charge on any atom is -0.494 e. The van der Waals surface area contributed by atoms with Gasteiger partial charge in [0.2, 0.25) is 17.6 Å². The van der Waals surface area contributed by atoms with Gasteiger partial charge in [-0.15, -0.1) is 0 Å². The summed E-state index contributed by atoms with van der Waals surface area (Å²) in [5.41, 5.74) is 0.944. The van der Waals surface area contributed by atoms with Crippen LogP contribution in [0.5, 0.6) is 17.6 Å². The average molecular weight is 502 g/mol. The number of nitrogens with zero attached hydrogens (tertiary/aromatic N) is 3. The molecule has 0 unspecified atom stereocenters. The summed E-state index contributed by atoms with van der Waals surface area (Å²) in [6.45, 7) is 2.35. The molecule has 2 aromatic heterocycles. The van der Waals surface area contributed by atoms with E-state index in [0.29, 0.717) is 59.1 Å². The molecule has 7 nitrogen and oxygen atoms in total. The van der Waals surface area contributed by atoms with Crippen LogP contribution in [0.2, 0.25) is 5.02 Å². The molecule has 1 fully saturated rings. The standard InChI is InChI=1S/C28H24ClN3O4/c1-2-27-11-12-28(36-27,13-14-35-22-10-8-18(29)16-31-22)24-23(27)25(33)32(26(24)34)21-9-7-17(15-30)19-5-3-4-6-20(19)21/h3-10,16,33-34H,2,11-14H2,1H3/t27-,28-/m0/s1. The molecule has 6 rings (SSSR count). The highest BCUT2D eigenvalue weighted by atomic mass is 35.5. The van der Waals surface area contributed by atoms with Crippen LogP contribution in [-0.2, 0) is 15.9 Å². The molecule has 0 radical (unpaired) electrons. The second kappa shape index (κ2) is 8.16. The van der Waals surface area contributed by atoms with Gasteiger partial charge in [-0.05, 0) is 37.5 Å². The van der Waals surface area contributed by atoms with E-state index in [4.69, 9.17) is 21.1 Å². The molecule has 36 heavy (non-hydrogen) atoms. The lowest BCUT2D eigenvalue weighted by Gasteiger charge is -2.26. The van der Waals surface area contributed by atoms with Crippen molar-refractivity contribution in [3.05, 3.63) is 76.4 Å². The van der Waals surface area contributed by atoms with Crippen molar-refractivity contribution in [2.45, 2.75) is 43.8 Å². The first-order valence-electron chi connectivity index (χ1n) is 12.0. The number of aromatic nitrogens is 2. The third-order valence-corrected chi connectivity index (χ3v) is 7.87. The number of fused-ring (bicyclic) bond motifs is 6. The zero-order chi connectivity index (χ0) is 25.1. The molecule has 2 aliphatic rings. The average Bonchev–Trinajstić information content (AvgIpc) is 3.51. The first-order chi connectivity index (χ1) is 17.4. The van der Waals surface area contributed by atoms with Gasteiger partial charge in [-0.1, -0.05) is 42.8 Å². The molecule has 0 amide bonds. The fraction of sp³-hybridized carbons (Fsp3) is 0.286. The van der Waals surface area contributed by atoms with Gasteiger partial charge in [0.15, 0.2) is 0 Å². The largest absolute Gasteiger partial charge is 0.494 e. The van der Waals surface area contributed by atoms with Crippen molar-refractivity contribution in [3.63, 3.8) is 0 Å². The lowest BCUT2D eigenvalue weighted by molar-refractivity contribution is -0.0987. The zero-order valence-corrected chi connectivity index (χ0v) is 20.4. The zero-order valence-electron chi connectivity index (χ0n) is 19.7. The van der Waals surface area contributed by atoms with E-state index >= 15 is 0 Å². The van der Waals surface area contributed by atoms with Crippen LogP contribution in [0, 0.1) is 11.3 Å². The lowest BCUT2D eigenvalue weighted by atomic mass is 9.76. The van der Waals surface area contributed by atoms with E-state index in [1.807, 2.05) is 31.2 Å². The Labute approximate surface area is 213 Å². The van der Waals surface area contributed by atoms with Crippen LogP contribution in [0.4, 0.5) is 0 Å². The van der Waals surface area contributed by atoms with Gasteiger partial charge in [-0.3, -0.25) is 4.57 Å². The number of ether oxygens (including phenoxy) is 2. The van der Waals surface area contributed by atoms with Crippen molar-refractivity contribution in [1.82, 2.24) is 9.55 Å². The van der Waals surface area contributed by atoms with Crippen LogP contribution in [0.3, 0.4) is 0 Å². The van der Waals surface area contributed by atoms with Crippen LogP contribution in [0.25, 0.3) is 16.5 Å². The van der Waals surface area contributed by atoms with Gasteiger partial charge in [0.25, 0.3) is 0 Å². The molecule has 1 saturated heterocycles. The molecule has 0 saturated carbocycles. The quantitative estimate of drug-likeness (QED) is 0.333. The maximum absolute atomic E-state index is 11.6. The molecule has 2 N–H and O–H groups in total. The molecular formula is C28H24ClN3O4. The fourth-order valence-corrected chi connectivity index (χ4v) is 6.05. The molecule has 0 aliphatic carbocycles. The molecule has 0 spiro atoms. The summed E-state index contributed by atoms with van der Waals surface area (Å²) in [6, 6.07) is 16.6. The minimum absolute atomic E-state index is 0.0268. The normalized spacial score (nSPS) is 22.0. The van der Waals surface area contributed by atoms with Crippen molar-refractivity contribution >= 4 is 22.4 Å². The Hall–Kier alpha value is -3.73. The molecule has 2 aliphatic heterocycles. The number of halogens is 1. The monoisotopic (exact) mass is 501 g/mol. The molecule has 2 atom stereocenters. The summed E-state index contributed by atoms with van der Waals surface area (Å²) in [5, 5.41) is 34.8. The van der Waals surface area contributed by atoms with Crippen LogP contribution in [0.15, 0.2) is 54.7 Å². The predicted molar refractivity (Wildman–Crippen MR) is 135 cm³/mol. The smallest absolute Gasteiger partial charge is 0.213 e. The van der Waals surface area contributed by atoms with Crippen molar-refractivity contribution < 1.29 is 19.7 Å². The minimum atomic E-state index is -0.785. The third kappa shape index (κ3) is 3.11. The topological polar surface area (TPSA) is 101 Å². The number of aromatic hydroxyl groups is 2. The number of pyridine rings is 1. The van der Waals surface area contributed by atoms with E-state index in [0.717, 1.165) is 17.2 Å². The second-order valence-corrected chi connectivity index (χ2v) is 9.82. The summed E-state index contributed by atoms with van der Waals surface area (Å²) in [5.74, 6) is 0.389. The molecular weight excluding hydrogens is 478 g/mol. The van der Waals surface area contributed by atoms with Crippen LogP contribution >= 0.6 is 11.6 Å². The molecule has 2 aromatic carbocycles. The Balaban J connectivity index is 1.45. The second-order valence-electron chi connectivity index (χ2n) is 9.38. The van der Waals surface area contributed by atoms with Crippen molar-refractivity contribution in [1.29, 1.82) is 5.26 Å². The first kappa shape index (κ1) is 22.7. The highest BCUT2D eigenvalue weighted by molar-refractivity contribution is 6.30. The Kier molecular flexibility index (Phi) is 5.15. The van der Waals surface area contributed by atoms with Gasteiger partial charge < -0.3 is 19.7 Å². The number of hydrogen-bond acceptors (Lipinski definition) is 6. The summed E-state index contributed by atoms with van der Waals surface area (Å²) >= 11 is 5.92. The van der Waals surface area contributed by atoms with E-state index < -0.39 is 11.2 Å². The van der Waals surface area contributed by atoms with E-state index in [1.54, 1.807) is 24.3 Å². The van der Waals surface area contributed by atoms with Gasteiger partial charge in [-0.2, -0.15) is 5.26 Å². The SMILES string of the molecule is CC[C@@]12CC[C@@](CCOc3ccc(Cl)cn3)(O1)c1c2c(O)n(-c2ccc(C#N)c3ccccc23)c1O. The van der Waals surface area contributed by atoms with Gasteiger partial charge in [0, 0.05) is 29.5 Å². The summed E-state index contributed by atoms with van der Waals surface area (Å²) in [6.07, 6.45) is 4.11. The fourth-order valence-electron chi connectivity index (χ4n) is 5.94. The Morgan fingerprint density at radius 1 is 1.06 bits per heavy atom. The van der Waals surface area contributed by atoms with Gasteiger partial charge in [-0.25, -0.2) is 4.98 Å². The number of rotatable bonds is 6. The van der Waals surface area contributed by atoms with Crippen LogP contribution in [0.1, 0.15) is 49.3 Å². The number of hydrogen-bond donors (Lipinski definition) is 2. The van der Waals surface area contributed by atoms with Gasteiger partial charge in [0.1, 0.15) is 5.60 Å². The Morgan fingerprint density at radius 3 is 2.47 bits per heavy atom. The van der Waals surface area contributed by atoms with E-state index in [-0.39, 0.29) is 11.8 Å². The molecule has 8 heteroatoms. The Bertz CT molecular complexity index is 1540. The van der Waals surface area contributed by atoms with Crippen molar-refractivity contribution in [2.24, 2.45) is 0 Å². The van der Waals surface area contributed by atoms with Gasteiger partial charge in [0.05, 0.1) is 45.7 Å². The number of nitriles is 1. The summed E-state index contributed by atoms with van der Waals surface area (Å²) in [7, 11) is 0. The third-order valence-electron chi connectivity index (χ3n) is 7.65. The summed E-state index contributed by atoms with van der Waals surface area (Å²) < 4.78 is 14.0.